The SMILES string of the molecule is O=C(NCCC=Cc1ccc(Br)nc1)OCc1ccccc1. The number of carbonyl (C=O) groups excluding carboxylic acids is 1. The lowest BCUT2D eigenvalue weighted by Gasteiger charge is -2.05. The number of benzene rings is 1. The number of alkyl carbamates (subject to hydrolysis) is 1. The molecule has 2 aromatic rings. The number of hydrogen-bond donors (Lipinski definition) is 1. The second kappa shape index (κ2) is 9.00. The molecule has 0 saturated carbocycles. The van der Waals surface area contributed by atoms with Crippen molar-refractivity contribution >= 4 is 28.1 Å². The number of carbonyl (C=O) groups is 1. The molecule has 1 amide bonds. The molecule has 0 bridgehead atoms. The summed E-state index contributed by atoms with van der Waals surface area (Å²) >= 11 is 3.29. The van der Waals surface area contributed by atoms with Crippen molar-refractivity contribution in [3.8, 4) is 0 Å². The zero-order valence-corrected chi connectivity index (χ0v) is 13.6. The highest BCUT2D eigenvalue weighted by Gasteiger charge is 2.00. The van der Waals surface area contributed by atoms with Crippen LogP contribution in [0.15, 0.2) is 59.3 Å². The smallest absolute Gasteiger partial charge is 0.407 e. The van der Waals surface area contributed by atoms with Crippen molar-refractivity contribution in [3.05, 3.63) is 70.5 Å². The Bertz CT molecular complexity index is 612. The van der Waals surface area contributed by atoms with Crippen molar-refractivity contribution in [2.75, 3.05) is 6.54 Å². The lowest BCUT2D eigenvalue weighted by molar-refractivity contribution is 0.140. The third kappa shape index (κ3) is 6.10. The maximum absolute atomic E-state index is 11.5. The molecule has 1 heterocycles. The predicted molar refractivity (Wildman–Crippen MR) is 90.2 cm³/mol. The molecular weight excluding hydrogens is 344 g/mol. The molecule has 0 aliphatic carbocycles. The Morgan fingerprint density at radius 1 is 1.23 bits per heavy atom. The maximum Gasteiger partial charge on any atom is 0.407 e. The van der Waals surface area contributed by atoms with Crippen LogP contribution < -0.4 is 5.32 Å². The summed E-state index contributed by atoms with van der Waals surface area (Å²) in [7, 11) is 0. The Labute approximate surface area is 138 Å². The van der Waals surface area contributed by atoms with Crippen LogP contribution in [0.25, 0.3) is 6.08 Å². The molecule has 0 unspecified atom stereocenters. The van der Waals surface area contributed by atoms with E-state index in [1.54, 1.807) is 6.20 Å². The van der Waals surface area contributed by atoms with Crippen molar-refractivity contribution in [1.82, 2.24) is 10.3 Å². The van der Waals surface area contributed by atoms with Gasteiger partial charge in [0.2, 0.25) is 0 Å². The van der Waals surface area contributed by atoms with E-state index in [0.717, 1.165) is 22.2 Å². The minimum absolute atomic E-state index is 0.285. The summed E-state index contributed by atoms with van der Waals surface area (Å²) in [5.74, 6) is 0. The Kier molecular flexibility index (Phi) is 6.64. The zero-order valence-electron chi connectivity index (χ0n) is 12.0. The Balaban J connectivity index is 1.61. The first kappa shape index (κ1) is 16.2. The minimum atomic E-state index is -0.400. The number of halogens is 1. The van der Waals surface area contributed by atoms with Gasteiger partial charge in [0.05, 0.1) is 0 Å². The molecule has 0 aliphatic rings. The molecule has 114 valence electrons. The number of ether oxygens (including phenoxy) is 1. The Hall–Kier alpha value is -2.14. The van der Waals surface area contributed by atoms with Crippen molar-refractivity contribution in [2.45, 2.75) is 13.0 Å². The molecule has 0 spiro atoms. The summed E-state index contributed by atoms with van der Waals surface area (Å²) < 4.78 is 5.93. The van der Waals surface area contributed by atoms with Crippen molar-refractivity contribution in [3.63, 3.8) is 0 Å². The van der Waals surface area contributed by atoms with E-state index in [0.29, 0.717) is 6.54 Å². The number of pyridine rings is 1. The maximum atomic E-state index is 11.5. The molecule has 1 N–H and O–H groups in total. The third-order valence-corrected chi connectivity index (χ3v) is 3.32. The monoisotopic (exact) mass is 360 g/mol. The molecule has 5 heteroatoms. The van der Waals surface area contributed by atoms with Gasteiger partial charge in [-0.2, -0.15) is 0 Å². The molecule has 1 aromatic carbocycles. The van der Waals surface area contributed by atoms with Crippen molar-refractivity contribution in [1.29, 1.82) is 0 Å². The number of amides is 1. The van der Waals surface area contributed by atoms with E-state index in [-0.39, 0.29) is 6.61 Å². The number of aromatic nitrogens is 1. The highest BCUT2D eigenvalue weighted by molar-refractivity contribution is 9.10. The van der Waals surface area contributed by atoms with Crippen LogP contribution in [0.3, 0.4) is 0 Å². The summed E-state index contributed by atoms with van der Waals surface area (Å²) in [6.07, 6.45) is 6.07. The van der Waals surface area contributed by atoms with E-state index < -0.39 is 6.09 Å². The second-order valence-corrected chi connectivity index (χ2v) is 5.41. The lowest BCUT2D eigenvalue weighted by atomic mass is 10.2. The Morgan fingerprint density at radius 2 is 2.05 bits per heavy atom. The first-order valence-corrected chi connectivity index (χ1v) is 7.76. The molecule has 0 radical (unpaired) electrons. The second-order valence-electron chi connectivity index (χ2n) is 4.59. The molecular formula is C17H17BrN2O2. The molecule has 22 heavy (non-hydrogen) atoms. The van der Waals surface area contributed by atoms with Gasteiger partial charge >= 0.3 is 6.09 Å². The fourth-order valence-corrected chi connectivity index (χ4v) is 1.97. The van der Waals surface area contributed by atoms with E-state index in [1.807, 2.05) is 54.6 Å². The van der Waals surface area contributed by atoms with Crippen LogP contribution in [0.4, 0.5) is 4.79 Å². The largest absolute Gasteiger partial charge is 0.445 e. The summed E-state index contributed by atoms with van der Waals surface area (Å²) in [6, 6.07) is 13.5. The van der Waals surface area contributed by atoms with Gasteiger partial charge in [0, 0.05) is 12.7 Å². The number of hydrogen-bond acceptors (Lipinski definition) is 3. The number of nitrogens with zero attached hydrogens (tertiary/aromatic N) is 1. The average Bonchev–Trinajstić information content (AvgIpc) is 2.55. The first-order valence-electron chi connectivity index (χ1n) is 6.97. The van der Waals surface area contributed by atoms with Gasteiger partial charge in [0.1, 0.15) is 11.2 Å². The van der Waals surface area contributed by atoms with Crippen molar-refractivity contribution in [2.24, 2.45) is 0 Å². The molecule has 2 rings (SSSR count). The van der Waals surface area contributed by atoms with Crippen LogP contribution in [-0.4, -0.2) is 17.6 Å². The van der Waals surface area contributed by atoms with Gasteiger partial charge in [0.15, 0.2) is 0 Å². The number of nitrogens with one attached hydrogen (secondary N) is 1. The van der Waals surface area contributed by atoms with Gasteiger partial charge in [-0.15, -0.1) is 0 Å². The summed E-state index contributed by atoms with van der Waals surface area (Å²) in [5, 5.41) is 2.71. The van der Waals surface area contributed by atoms with Gasteiger partial charge in [-0.1, -0.05) is 48.6 Å². The molecule has 1 aromatic heterocycles. The average molecular weight is 361 g/mol. The van der Waals surface area contributed by atoms with E-state index in [9.17, 15) is 4.79 Å². The van der Waals surface area contributed by atoms with Crippen LogP contribution in [0.5, 0.6) is 0 Å². The van der Waals surface area contributed by atoms with Gasteiger partial charge in [-0.25, -0.2) is 9.78 Å². The molecule has 0 atom stereocenters. The summed E-state index contributed by atoms with van der Waals surface area (Å²) in [4.78, 5) is 15.6. The quantitative estimate of drug-likeness (QED) is 0.621. The fraction of sp³-hybridized carbons (Fsp3) is 0.176. The molecule has 0 saturated heterocycles. The fourth-order valence-electron chi connectivity index (χ4n) is 1.74. The van der Waals surface area contributed by atoms with Crippen LogP contribution >= 0.6 is 15.9 Å². The van der Waals surface area contributed by atoms with Crippen molar-refractivity contribution < 1.29 is 9.53 Å². The molecule has 4 nitrogen and oxygen atoms in total. The van der Waals surface area contributed by atoms with Gasteiger partial charge in [-0.05, 0) is 39.5 Å². The minimum Gasteiger partial charge on any atom is -0.445 e. The topological polar surface area (TPSA) is 51.2 Å². The van der Waals surface area contributed by atoms with Crippen LogP contribution in [-0.2, 0) is 11.3 Å². The van der Waals surface area contributed by atoms with E-state index in [2.05, 4.69) is 26.2 Å². The van der Waals surface area contributed by atoms with Gasteiger partial charge in [-0.3, -0.25) is 0 Å². The summed E-state index contributed by atoms with van der Waals surface area (Å²) in [5.41, 5.74) is 2.00. The molecule has 0 aliphatic heterocycles. The standard InChI is InChI=1S/C17H17BrN2O2/c18-16-10-9-14(12-20-16)6-4-5-11-19-17(21)22-13-15-7-2-1-3-8-15/h1-4,6-10,12H,5,11,13H2,(H,19,21). The van der Waals surface area contributed by atoms with Crippen LogP contribution in [0, 0.1) is 0 Å². The third-order valence-electron chi connectivity index (χ3n) is 2.85. The molecule has 0 fully saturated rings. The zero-order chi connectivity index (χ0) is 15.6. The predicted octanol–water partition coefficient (Wildman–Crippen LogP) is 4.17. The normalized spacial score (nSPS) is 10.6. The van der Waals surface area contributed by atoms with Crippen LogP contribution in [0.1, 0.15) is 17.5 Å². The summed E-state index contributed by atoms with van der Waals surface area (Å²) in [6.45, 7) is 0.821. The van der Waals surface area contributed by atoms with Crippen LogP contribution in [0.2, 0.25) is 0 Å². The lowest BCUT2D eigenvalue weighted by Crippen LogP contribution is -2.24. The first-order chi connectivity index (χ1) is 10.7. The van der Waals surface area contributed by atoms with Gasteiger partial charge in [0.25, 0.3) is 0 Å². The van der Waals surface area contributed by atoms with Gasteiger partial charge < -0.3 is 10.1 Å². The highest BCUT2D eigenvalue weighted by atomic mass is 79.9. The highest BCUT2D eigenvalue weighted by Crippen LogP contribution is 2.07. The van der Waals surface area contributed by atoms with E-state index in [4.69, 9.17) is 4.74 Å². The van der Waals surface area contributed by atoms with E-state index >= 15 is 0 Å². The van der Waals surface area contributed by atoms with E-state index in [1.165, 1.54) is 0 Å². The Morgan fingerprint density at radius 3 is 2.77 bits per heavy atom. The number of rotatable bonds is 6.